The number of nitrogens with zero attached hydrogens (tertiary/aromatic N) is 1. The van der Waals surface area contributed by atoms with E-state index in [4.69, 9.17) is 9.47 Å². The third-order valence-corrected chi connectivity index (χ3v) is 6.48. The molecule has 4 rings (SSSR count). The van der Waals surface area contributed by atoms with E-state index in [1.54, 1.807) is 18.2 Å². The summed E-state index contributed by atoms with van der Waals surface area (Å²) >= 11 is 0. The Morgan fingerprint density at radius 2 is 1.65 bits per heavy atom. The fraction of sp³-hybridized carbons (Fsp3) is 0.333. The van der Waals surface area contributed by atoms with E-state index in [1.165, 1.54) is 4.31 Å². The van der Waals surface area contributed by atoms with Gasteiger partial charge in [0.05, 0.1) is 10.9 Å². The molecule has 0 saturated carbocycles. The van der Waals surface area contributed by atoms with Crippen LogP contribution in [0.4, 0.5) is 8.78 Å². The maximum Gasteiger partial charge on any atom is 0.243 e. The Morgan fingerprint density at radius 1 is 0.962 bits per heavy atom. The summed E-state index contributed by atoms with van der Waals surface area (Å²) in [5.41, 5.74) is 0.771. The van der Waals surface area contributed by atoms with Crippen molar-refractivity contribution < 1.29 is 26.7 Å². The zero-order chi connectivity index (χ0) is 18.3. The number of ether oxygens (including phenoxy) is 2. The summed E-state index contributed by atoms with van der Waals surface area (Å²) in [7, 11) is -4.02. The van der Waals surface area contributed by atoms with Crippen molar-refractivity contribution in [1.29, 1.82) is 0 Å². The molecule has 138 valence electrons. The molecule has 2 heterocycles. The number of hydrogen-bond donors (Lipinski definition) is 0. The second-order valence-corrected chi connectivity index (χ2v) is 8.17. The third-order valence-electron chi connectivity index (χ3n) is 4.60. The van der Waals surface area contributed by atoms with Crippen molar-refractivity contribution in [3.63, 3.8) is 0 Å². The standard InChI is InChI=1S/C18H17F2NO4S/c19-13-9-14(20)11-15(10-13)26(22,23)21-5-1-2-16(21)12-3-4-17-18(8-12)25-7-6-24-17/h3-4,8-11,16H,1-2,5-7H2/t16-/m1/s1. The Balaban J connectivity index is 1.70. The Bertz CT molecular complexity index is 928. The summed E-state index contributed by atoms with van der Waals surface area (Å²) in [5, 5.41) is 0. The van der Waals surface area contributed by atoms with E-state index in [-0.39, 0.29) is 4.90 Å². The van der Waals surface area contributed by atoms with Gasteiger partial charge in [-0.25, -0.2) is 17.2 Å². The minimum Gasteiger partial charge on any atom is -0.486 e. The summed E-state index contributed by atoms with van der Waals surface area (Å²) in [6.45, 7) is 1.20. The number of hydrogen-bond acceptors (Lipinski definition) is 4. The summed E-state index contributed by atoms with van der Waals surface area (Å²) in [4.78, 5) is -0.376. The molecular weight excluding hydrogens is 364 g/mol. The lowest BCUT2D eigenvalue weighted by atomic mass is 10.0. The largest absolute Gasteiger partial charge is 0.486 e. The lowest BCUT2D eigenvalue weighted by Gasteiger charge is -2.26. The number of halogens is 2. The van der Waals surface area contributed by atoms with E-state index in [9.17, 15) is 17.2 Å². The van der Waals surface area contributed by atoms with Crippen LogP contribution in [0.1, 0.15) is 24.4 Å². The highest BCUT2D eigenvalue weighted by atomic mass is 32.2. The van der Waals surface area contributed by atoms with Crippen LogP contribution in [-0.4, -0.2) is 32.5 Å². The van der Waals surface area contributed by atoms with Crippen LogP contribution in [0.3, 0.4) is 0 Å². The number of rotatable bonds is 3. The molecule has 0 aromatic heterocycles. The van der Waals surface area contributed by atoms with Gasteiger partial charge in [-0.3, -0.25) is 0 Å². The van der Waals surface area contributed by atoms with Crippen LogP contribution in [0.5, 0.6) is 11.5 Å². The van der Waals surface area contributed by atoms with Crippen LogP contribution in [-0.2, 0) is 10.0 Å². The number of benzene rings is 2. The van der Waals surface area contributed by atoms with Crippen molar-refractivity contribution in [3.05, 3.63) is 53.6 Å². The van der Waals surface area contributed by atoms with Gasteiger partial charge in [0.25, 0.3) is 0 Å². The van der Waals surface area contributed by atoms with Crippen LogP contribution < -0.4 is 9.47 Å². The normalized spacial score (nSPS) is 20.3. The molecule has 0 aliphatic carbocycles. The Kier molecular flexibility index (Phi) is 4.32. The minimum absolute atomic E-state index is 0.291. The molecule has 0 spiro atoms. The minimum atomic E-state index is -4.02. The van der Waals surface area contributed by atoms with Gasteiger partial charge >= 0.3 is 0 Å². The first-order valence-electron chi connectivity index (χ1n) is 8.33. The van der Waals surface area contributed by atoms with Crippen molar-refractivity contribution >= 4 is 10.0 Å². The predicted octanol–water partition coefficient (Wildman–Crippen LogP) is 3.26. The van der Waals surface area contributed by atoms with E-state index >= 15 is 0 Å². The fourth-order valence-corrected chi connectivity index (χ4v) is 5.17. The average Bonchev–Trinajstić information content (AvgIpc) is 3.11. The van der Waals surface area contributed by atoms with E-state index in [2.05, 4.69) is 0 Å². The maximum atomic E-state index is 13.5. The van der Waals surface area contributed by atoms with Gasteiger partial charge in [-0.15, -0.1) is 0 Å². The van der Waals surface area contributed by atoms with Gasteiger partial charge in [0, 0.05) is 12.6 Å². The molecule has 8 heteroatoms. The van der Waals surface area contributed by atoms with Crippen molar-refractivity contribution in [2.24, 2.45) is 0 Å². The molecule has 1 atom stereocenters. The lowest BCUT2D eigenvalue weighted by molar-refractivity contribution is 0.171. The van der Waals surface area contributed by atoms with E-state index in [1.807, 2.05) is 0 Å². The molecule has 5 nitrogen and oxygen atoms in total. The SMILES string of the molecule is O=S(=O)(c1cc(F)cc(F)c1)N1CCC[C@@H]1c1ccc2c(c1)OCCO2. The van der Waals surface area contributed by atoms with Gasteiger partial charge < -0.3 is 9.47 Å². The van der Waals surface area contributed by atoms with Crippen LogP contribution in [0.25, 0.3) is 0 Å². The fourth-order valence-electron chi connectivity index (χ4n) is 3.44. The molecule has 26 heavy (non-hydrogen) atoms. The summed E-state index contributed by atoms with van der Waals surface area (Å²) in [5.74, 6) is -0.633. The molecule has 0 bridgehead atoms. The van der Waals surface area contributed by atoms with Crippen LogP contribution in [0.15, 0.2) is 41.3 Å². The molecule has 2 aromatic carbocycles. The summed E-state index contributed by atoms with van der Waals surface area (Å²) in [6, 6.07) is 7.27. The number of sulfonamides is 1. The Labute approximate surface area is 150 Å². The predicted molar refractivity (Wildman–Crippen MR) is 89.7 cm³/mol. The van der Waals surface area contributed by atoms with E-state index in [0.29, 0.717) is 50.2 Å². The smallest absolute Gasteiger partial charge is 0.243 e. The summed E-state index contributed by atoms with van der Waals surface area (Å²) in [6.07, 6.45) is 1.28. The van der Waals surface area contributed by atoms with Gasteiger partial charge in [0.15, 0.2) is 11.5 Å². The zero-order valence-corrected chi connectivity index (χ0v) is 14.6. The van der Waals surface area contributed by atoms with Crippen LogP contribution >= 0.6 is 0 Å². The lowest BCUT2D eigenvalue weighted by Crippen LogP contribution is -2.31. The zero-order valence-electron chi connectivity index (χ0n) is 13.8. The van der Waals surface area contributed by atoms with Gasteiger partial charge in [0.2, 0.25) is 10.0 Å². The second kappa shape index (κ2) is 6.51. The van der Waals surface area contributed by atoms with Crippen LogP contribution in [0.2, 0.25) is 0 Å². The molecule has 1 fully saturated rings. The van der Waals surface area contributed by atoms with Crippen LogP contribution in [0, 0.1) is 11.6 Å². The van der Waals surface area contributed by atoms with Crippen molar-refractivity contribution in [1.82, 2.24) is 4.31 Å². The molecular formula is C18H17F2NO4S. The van der Waals surface area contributed by atoms with Gasteiger partial charge in [-0.05, 0) is 42.7 Å². The third kappa shape index (κ3) is 3.03. The second-order valence-electron chi connectivity index (χ2n) is 6.28. The molecule has 2 aromatic rings. The van der Waals surface area contributed by atoms with Gasteiger partial charge in [-0.1, -0.05) is 6.07 Å². The molecule has 0 N–H and O–H groups in total. The van der Waals surface area contributed by atoms with Gasteiger partial charge in [-0.2, -0.15) is 4.31 Å². The molecule has 0 radical (unpaired) electrons. The molecule has 2 aliphatic heterocycles. The molecule has 0 unspecified atom stereocenters. The monoisotopic (exact) mass is 381 g/mol. The first-order valence-corrected chi connectivity index (χ1v) is 9.77. The topological polar surface area (TPSA) is 55.8 Å². The van der Waals surface area contributed by atoms with Crippen molar-refractivity contribution in [2.45, 2.75) is 23.8 Å². The average molecular weight is 381 g/mol. The highest BCUT2D eigenvalue weighted by Gasteiger charge is 2.37. The number of fused-ring (bicyclic) bond motifs is 1. The first-order chi connectivity index (χ1) is 12.4. The van der Waals surface area contributed by atoms with Crippen molar-refractivity contribution in [3.8, 4) is 11.5 Å². The van der Waals surface area contributed by atoms with E-state index < -0.39 is 27.7 Å². The highest BCUT2D eigenvalue weighted by molar-refractivity contribution is 7.89. The molecule has 2 aliphatic rings. The quantitative estimate of drug-likeness (QED) is 0.819. The summed E-state index contributed by atoms with van der Waals surface area (Å²) < 4.78 is 65.3. The highest BCUT2D eigenvalue weighted by Crippen LogP contribution is 2.40. The Morgan fingerprint density at radius 3 is 2.38 bits per heavy atom. The first kappa shape index (κ1) is 17.2. The Hall–Kier alpha value is -2.19. The van der Waals surface area contributed by atoms with E-state index in [0.717, 1.165) is 17.7 Å². The molecule has 0 amide bonds. The van der Waals surface area contributed by atoms with Crippen molar-refractivity contribution in [2.75, 3.05) is 19.8 Å². The maximum absolute atomic E-state index is 13.5. The molecule has 1 saturated heterocycles. The van der Waals surface area contributed by atoms with Gasteiger partial charge in [0.1, 0.15) is 24.8 Å².